The Morgan fingerprint density at radius 3 is 2.50 bits per heavy atom. The summed E-state index contributed by atoms with van der Waals surface area (Å²) in [7, 11) is 3.04. The molecule has 7 N–H and O–H groups in total. The maximum Gasteiger partial charge on any atom is 0.255 e. The number of likely N-dealkylation sites (N-methyl/N-ethyl adjacent to an activating group) is 1. The number of halogens is 1. The third kappa shape index (κ3) is 3.67. The molecule has 1 amide bonds. The normalized spacial score (nSPS) is 29.8. The van der Waals surface area contributed by atoms with Gasteiger partial charge < -0.3 is 31.5 Å². The molecule has 0 unspecified atom stereocenters. The van der Waals surface area contributed by atoms with Gasteiger partial charge in [-0.05, 0) is 64.6 Å². The highest BCUT2D eigenvalue weighted by molar-refractivity contribution is 6.24. The maximum atomic E-state index is 15.7. The zero-order valence-corrected chi connectivity index (χ0v) is 21.4. The monoisotopic (exact) mass is 529 g/mol. The number of rotatable bonds is 6. The molecule has 4 aliphatic rings. The molecule has 11 heteroatoms. The number of carbonyl (C=O) groups is 3. The summed E-state index contributed by atoms with van der Waals surface area (Å²) < 4.78 is 15.7. The zero-order chi connectivity index (χ0) is 27.8. The minimum atomic E-state index is -2.72. The summed E-state index contributed by atoms with van der Waals surface area (Å²) in [5, 5.41) is 47.6. The lowest BCUT2D eigenvalue weighted by molar-refractivity contribution is -0.153. The van der Waals surface area contributed by atoms with Crippen LogP contribution in [0.15, 0.2) is 23.0 Å². The molecule has 10 nitrogen and oxygen atoms in total. The molecule has 0 aliphatic heterocycles. The lowest BCUT2D eigenvalue weighted by Crippen LogP contribution is -2.65. The number of carbonyl (C=O) groups excluding carboxylic acids is 3. The Hall–Kier alpha value is -3.28. The second-order valence-electron chi connectivity index (χ2n) is 11.2. The number of hydrogen-bond acceptors (Lipinski definition) is 9. The predicted molar refractivity (Wildman–Crippen MR) is 133 cm³/mol. The molecular formula is C27H32FN3O7. The van der Waals surface area contributed by atoms with Crippen LogP contribution in [-0.2, 0) is 27.3 Å². The molecule has 0 aromatic heterocycles. The molecular weight excluding hydrogens is 497 g/mol. The van der Waals surface area contributed by atoms with Crippen molar-refractivity contribution in [3.63, 3.8) is 0 Å². The number of nitrogens with two attached hydrogens (primary N) is 1. The van der Waals surface area contributed by atoms with E-state index in [1.165, 1.54) is 25.1 Å². The van der Waals surface area contributed by atoms with Gasteiger partial charge in [-0.25, -0.2) is 4.39 Å². The standard InChI is InChI=1S/C27H32FN3O7/c1-10(11-4-5-11)30-9-13-8-16(32)18-14(20(13)28)6-12-7-15-21(31(2)3)23(34)19(26(29)37)25(36)27(15,38)24(35)17(12)22(18)33/h8,10-12,15,21,30,32-33,36,38H,4-7,9H2,1-3H3,(H2,29,37)/t10-,12+,15+,21+,27+/m1/s1. The predicted octanol–water partition coefficient (Wildman–Crippen LogP) is 0.991. The van der Waals surface area contributed by atoms with Crippen LogP contribution in [0.4, 0.5) is 4.39 Å². The summed E-state index contributed by atoms with van der Waals surface area (Å²) in [5.41, 5.74) is 1.41. The first-order valence-corrected chi connectivity index (χ1v) is 12.7. The van der Waals surface area contributed by atoms with E-state index in [2.05, 4.69) is 5.32 Å². The number of fused-ring (bicyclic) bond motifs is 3. The van der Waals surface area contributed by atoms with Gasteiger partial charge in [0, 0.05) is 35.2 Å². The van der Waals surface area contributed by atoms with Gasteiger partial charge in [-0.15, -0.1) is 0 Å². The Labute approximate surface area is 218 Å². The van der Waals surface area contributed by atoms with Gasteiger partial charge in [-0.1, -0.05) is 0 Å². The molecule has 204 valence electrons. The molecule has 2 fully saturated rings. The molecule has 38 heavy (non-hydrogen) atoms. The SMILES string of the molecule is C[C@@H](NCc1cc(O)c2c(c1F)C[C@H]1C[C@H]3[C@H](N(C)C)C(=O)C(C(N)=O)=C(O)[C@@]3(O)C(=O)C1=C2O)C1CC1. The van der Waals surface area contributed by atoms with Gasteiger partial charge in [0.25, 0.3) is 5.91 Å². The zero-order valence-electron chi connectivity index (χ0n) is 21.4. The number of phenols is 1. The number of amides is 1. The minimum absolute atomic E-state index is 0.0338. The molecule has 0 spiro atoms. The number of primary amides is 1. The first-order chi connectivity index (χ1) is 17.8. The van der Waals surface area contributed by atoms with Crippen molar-refractivity contribution in [3.05, 3.63) is 45.5 Å². The van der Waals surface area contributed by atoms with Crippen LogP contribution >= 0.6 is 0 Å². The minimum Gasteiger partial charge on any atom is -0.508 e. The van der Waals surface area contributed by atoms with E-state index in [0.717, 1.165) is 12.8 Å². The van der Waals surface area contributed by atoms with Crippen molar-refractivity contribution in [1.82, 2.24) is 10.2 Å². The lowest BCUT2D eigenvalue weighted by Gasteiger charge is -2.50. The van der Waals surface area contributed by atoms with Crippen LogP contribution < -0.4 is 11.1 Å². The number of Topliss-reactive ketones (excluding diaryl/α,β-unsaturated/α-hetero) is 2. The summed E-state index contributed by atoms with van der Waals surface area (Å²) in [6.07, 6.45) is 2.05. The van der Waals surface area contributed by atoms with E-state index in [9.17, 15) is 34.8 Å². The van der Waals surface area contributed by atoms with Crippen molar-refractivity contribution in [3.8, 4) is 5.75 Å². The Bertz CT molecular complexity index is 1330. The number of aliphatic hydroxyl groups is 3. The van der Waals surface area contributed by atoms with Crippen molar-refractivity contribution in [1.29, 1.82) is 0 Å². The van der Waals surface area contributed by atoms with Gasteiger partial charge >= 0.3 is 0 Å². The molecule has 5 rings (SSSR count). The summed E-state index contributed by atoms with van der Waals surface area (Å²) in [6, 6.07) is 0.191. The summed E-state index contributed by atoms with van der Waals surface area (Å²) >= 11 is 0. The fraction of sp³-hybridized carbons (Fsp3) is 0.519. The molecule has 1 aromatic rings. The quantitative estimate of drug-likeness (QED) is 0.294. The number of ketones is 2. The first-order valence-electron chi connectivity index (χ1n) is 12.7. The van der Waals surface area contributed by atoms with E-state index < -0.39 is 69.6 Å². The Morgan fingerprint density at radius 2 is 1.92 bits per heavy atom. The summed E-state index contributed by atoms with van der Waals surface area (Å²) in [5.74, 6) is -7.65. The maximum absolute atomic E-state index is 15.7. The van der Waals surface area contributed by atoms with E-state index in [-0.39, 0.29) is 47.7 Å². The van der Waals surface area contributed by atoms with Gasteiger partial charge in [-0.2, -0.15) is 0 Å². The van der Waals surface area contributed by atoms with Crippen molar-refractivity contribution < 1.29 is 39.2 Å². The van der Waals surface area contributed by atoms with Gasteiger partial charge in [0.1, 0.15) is 28.7 Å². The van der Waals surface area contributed by atoms with Crippen molar-refractivity contribution in [2.24, 2.45) is 23.5 Å². The van der Waals surface area contributed by atoms with Crippen LogP contribution in [-0.4, -0.2) is 74.6 Å². The van der Waals surface area contributed by atoms with Gasteiger partial charge in [-0.3, -0.25) is 19.3 Å². The number of nitrogens with zero attached hydrogens (tertiary/aromatic N) is 1. The average Bonchev–Trinajstić information content (AvgIpc) is 3.67. The molecule has 4 aliphatic carbocycles. The van der Waals surface area contributed by atoms with Crippen LogP contribution in [0.3, 0.4) is 0 Å². The van der Waals surface area contributed by atoms with E-state index in [4.69, 9.17) is 5.73 Å². The fourth-order valence-electron chi connectivity index (χ4n) is 6.51. The van der Waals surface area contributed by atoms with Gasteiger partial charge in [0.15, 0.2) is 11.4 Å². The van der Waals surface area contributed by atoms with E-state index in [1.54, 1.807) is 0 Å². The number of aromatic hydroxyl groups is 1. The Kier molecular flexibility index (Phi) is 6.16. The molecule has 0 bridgehead atoms. The topological polar surface area (TPSA) is 173 Å². The van der Waals surface area contributed by atoms with Crippen molar-refractivity contribution in [2.45, 2.75) is 56.8 Å². The van der Waals surface area contributed by atoms with E-state index in [1.807, 2.05) is 6.92 Å². The Balaban J connectivity index is 1.61. The smallest absolute Gasteiger partial charge is 0.255 e. The summed E-state index contributed by atoms with van der Waals surface area (Å²) in [6.45, 7) is 2.18. The van der Waals surface area contributed by atoms with Crippen LogP contribution in [0, 0.1) is 23.6 Å². The fourth-order valence-corrected chi connectivity index (χ4v) is 6.51. The van der Waals surface area contributed by atoms with Crippen LogP contribution in [0.5, 0.6) is 5.75 Å². The largest absolute Gasteiger partial charge is 0.508 e. The third-order valence-corrected chi connectivity index (χ3v) is 8.67. The molecule has 0 saturated heterocycles. The van der Waals surface area contributed by atoms with E-state index >= 15 is 4.39 Å². The second kappa shape index (κ2) is 8.89. The molecule has 0 radical (unpaired) electrons. The van der Waals surface area contributed by atoms with E-state index in [0.29, 0.717) is 5.92 Å². The van der Waals surface area contributed by atoms with Crippen LogP contribution in [0.1, 0.15) is 42.9 Å². The number of aliphatic hydroxyl groups excluding tert-OH is 2. The molecule has 1 aromatic carbocycles. The summed E-state index contributed by atoms with van der Waals surface area (Å²) in [4.78, 5) is 40.3. The highest BCUT2D eigenvalue weighted by atomic mass is 19.1. The molecule has 2 saturated carbocycles. The average molecular weight is 530 g/mol. The second-order valence-corrected chi connectivity index (χ2v) is 11.2. The lowest BCUT2D eigenvalue weighted by atomic mass is 9.57. The van der Waals surface area contributed by atoms with Crippen LogP contribution in [0.25, 0.3) is 5.76 Å². The molecule has 5 atom stereocenters. The number of nitrogens with one attached hydrogen (secondary N) is 1. The number of hydrogen-bond donors (Lipinski definition) is 6. The highest BCUT2D eigenvalue weighted by Crippen LogP contribution is 2.53. The molecule has 0 heterocycles. The number of benzene rings is 1. The first kappa shape index (κ1) is 26.3. The van der Waals surface area contributed by atoms with Gasteiger partial charge in [0.05, 0.1) is 11.6 Å². The van der Waals surface area contributed by atoms with Crippen molar-refractivity contribution in [2.75, 3.05) is 14.1 Å². The number of phenolic OH excluding ortho intramolecular Hbond substituents is 1. The highest BCUT2D eigenvalue weighted by Gasteiger charge is 2.64. The van der Waals surface area contributed by atoms with Crippen LogP contribution in [0.2, 0.25) is 0 Å². The van der Waals surface area contributed by atoms with Crippen molar-refractivity contribution >= 4 is 23.2 Å². The third-order valence-electron chi connectivity index (χ3n) is 8.67. The van der Waals surface area contributed by atoms with Gasteiger partial charge in [0.2, 0.25) is 5.78 Å². The Morgan fingerprint density at radius 1 is 1.26 bits per heavy atom.